The normalized spacial score (nSPS) is 36.8. The van der Waals surface area contributed by atoms with Gasteiger partial charge in [-0.05, 0) is 415 Å². The van der Waals surface area contributed by atoms with Gasteiger partial charge in [0, 0.05) is 0 Å². The van der Waals surface area contributed by atoms with Crippen molar-refractivity contribution in [1.82, 2.24) is 0 Å². The Labute approximate surface area is 867 Å². The quantitative estimate of drug-likeness (QED) is 0.0904. The lowest BCUT2D eigenvalue weighted by Gasteiger charge is -2.27. The van der Waals surface area contributed by atoms with Gasteiger partial charge in [0.25, 0.3) is 0 Å². The second-order valence-corrected chi connectivity index (χ2v) is 49.9. The van der Waals surface area contributed by atoms with Crippen LogP contribution < -0.4 is 0 Å². The van der Waals surface area contributed by atoms with E-state index in [1.807, 2.05) is 0 Å². The molecule has 0 spiro atoms. The zero-order chi connectivity index (χ0) is 104. The van der Waals surface area contributed by atoms with Gasteiger partial charge >= 0.3 is 0 Å². The maximum atomic E-state index is 9.47. The second-order valence-electron chi connectivity index (χ2n) is 49.9. The molecule has 16 heteroatoms. The zero-order valence-electron chi connectivity index (χ0n) is 95.5. The highest BCUT2D eigenvalue weighted by molar-refractivity contribution is 4.82. The molecule has 0 radical (unpaired) electrons. The molecule has 0 amide bonds. The molecule has 0 aromatic rings. The smallest absolute Gasteiger partial charge is 0.0545 e. The molecule has 16 N–H and O–H groups in total. The van der Waals surface area contributed by atoms with Crippen molar-refractivity contribution in [3.8, 4) is 0 Å². The minimum absolute atomic E-state index is 0.000000000000000222. The monoisotopic (exact) mass is 1990 g/mol. The minimum atomic E-state index is -0.0139. The molecule has 16 rings (SSSR count). The Kier molecular flexibility index (Phi) is 86.2. The molecule has 0 saturated heterocycles. The van der Waals surface area contributed by atoms with E-state index >= 15 is 0 Å². The molecular weight excluding hydrogens is 1750 g/mol. The summed E-state index contributed by atoms with van der Waals surface area (Å²) >= 11 is 0. The summed E-state index contributed by atoms with van der Waals surface area (Å²) in [4.78, 5) is 0. The Balaban J connectivity index is 0.000000748. The predicted octanol–water partition coefficient (Wildman–Crippen LogP) is 29.5. The van der Waals surface area contributed by atoms with E-state index in [9.17, 15) is 35.7 Å². The first-order valence-corrected chi connectivity index (χ1v) is 61.7. The molecule has 0 aromatic heterocycles. The highest BCUT2D eigenvalue weighted by Crippen LogP contribution is 2.37. The van der Waals surface area contributed by atoms with Crippen molar-refractivity contribution < 1.29 is 81.7 Å². The molecule has 16 saturated carbocycles. The van der Waals surface area contributed by atoms with Crippen molar-refractivity contribution >= 4 is 0 Å². The third kappa shape index (κ3) is 78.5. The Morgan fingerprint density at radius 3 is 0.650 bits per heavy atom. The molecule has 0 heterocycles. The first kappa shape index (κ1) is 137. The lowest BCUT2D eigenvalue weighted by molar-refractivity contribution is 0.0804. The third-order valence-corrected chi connectivity index (χ3v) is 35.0. The topological polar surface area (TPSA) is 324 Å². The standard InChI is InChI=1S/2C10H20O.3C9H18O.4C8H16O.4C7H14O.2C6H12O.C5H10O/c1-3-9-4-5-10(11)7-8(2)6-9;1-2-4-9-5-3-6-10(11)8-7-9;1-7-3-4-9(10)6-8(2)5-7;1-2-8-4-3-5-9(10)7-6-8;1-2-3-8-4-6-9(10)7-5-8;1-6-3-7(2)5-8(9)4-6;1-7-3-2-4-8(9)6-5-7;1-2-7-3-5-8(9)6-4-7;1-2-3-7-4-5-8(9)6-7;1-5-3-7(8)4-6(5)2;1-6-2-4-7(8)5-3-6;1-2-6-3-4-7(8)5-6;8-7-5-3-1-2-4-6-7;1-5-2-3-6(7)4-5;7-6-4-2-1-3-5-6;6-5-3-1-2-4-5/h8-11H,3-7H2,1-2H3;9-11H,2-8H2,1H3;7-10H,3-6H2,1-2H3;2*8-10H,2-7H2,1H3;6-9H,3-5H2,1-2H3;3*7-9H,2-6H2,1H3;5-8H,3-4H2,1-2H3;2*6-8H,2-5H2,1H3;7-8H,1-6H2;5-7H,2-4H2,1H3;6-7H,1-5H2;5-6H,1-4H2. The Hall–Kier alpha value is -0.640. The lowest BCUT2D eigenvalue weighted by atomic mass is 9.82. The summed E-state index contributed by atoms with van der Waals surface area (Å²) in [6, 6.07) is 0. The van der Waals surface area contributed by atoms with Crippen LogP contribution in [0.1, 0.15) is 593 Å². The first-order chi connectivity index (χ1) is 66.8. The minimum Gasteiger partial charge on any atom is -0.393 e. The molecule has 0 aromatic carbocycles. The Morgan fingerprint density at radius 2 is 0.329 bits per heavy atom. The van der Waals surface area contributed by atoms with Crippen molar-refractivity contribution in [2.45, 2.75) is 691 Å². The van der Waals surface area contributed by atoms with Crippen LogP contribution in [0, 0.1) is 101 Å². The number of aliphatic hydroxyl groups is 16. The molecule has 16 aliphatic carbocycles. The molecule has 16 fully saturated rings. The molecule has 0 aliphatic heterocycles. The average molecular weight is 2000 g/mol. The van der Waals surface area contributed by atoms with Gasteiger partial charge in [-0.1, -0.05) is 278 Å². The average Bonchev–Trinajstić information content (AvgIpc) is 1.50. The van der Waals surface area contributed by atoms with Crippen LogP contribution in [0.2, 0.25) is 0 Å². The summed E-state index contributed by atoms with van der Waals surface area (Å²) in [5.41, 5.74) is 0. The Morgan fingerprint density at radius 1 is 0.129 bits per heavy atom. The summed E-state index contributed by atoms with van der Waals surface area (Å²) in [6.07, 6.45) is 86.9. The number of hydrogen-bond donors (Lipinski definition) is 16. The van der Waals surface area contributed by atoms with Crippen LogP contribution in [0.15, 0.2) is 0 Å². The molecular formula is C124H248O16. The fourth-order valence-electron chi connectivity index (χ4n) is 24.9. The van der Waals surface area contributed by atoms with Crippen LogP contribution in [-0.4, -0.2) is 179 Å². The van der Waals surface area contributed by atoms with Crippen molar-refractivity contribution in [3.05, 3.63) is 0 Å². The maximum Gasteiger partial charge on any atom is 0.0545 e. The third-order valence-electron chi connectivity index (χ3n) is 35.0. The van der Waals surface area contributed by atoms with E-state index in [2.05, 4.69) is 118 Å². The number of rotatable bonds is 10. The first-order valence-electron chi connectivity index (χ1n) is 61.7. The van der Waals surface area contributed by atoms with E-state index in [0.717, 1.165) is 306 Å². The second kappa shape index (κ2) is 87.9. The van der Waals surface area contributed by atoms with Gasteiger partial charge in [-0.25, -0.2) is 0 Å². The van der Waals surface area contributed by atoms with Crippen molar-refractivity contribution in [2.24, 2.45) is 101 Å². The number of aliphatic hydroxyl groups excluding tert-OH is 16. The van der Waals surface area contributed by atoms with Crippen LogP contribution in [0.5, 0.6) is 0 Å². The van der Waals surface area contributed by atoms with Crippen LogP contribution in [0.3, 0.4) is 0 Å². The molecule has 16 nitrogen and oxygen atoms in total. The highest BCUT2D eigenvalue weighted by atomic mass is 16.3. The van der Waals surface area contributed by atoms with Gasteiger partial charge in [-0.15, -0.1) is 0 Å². The van der Waals surface area contributed by atoms with Gasteiger partial charge in [-0.2, -0.15) is 0 Å². The number of hydrogen-bond acceptors (Lipinski definition) is 16. The van der Waals surface area contributed by atoms with Crippen molar-refractivity contribution in [3.63, 3.8) is 0 Å². The molecule has 0 bridgehead atoms. The van der Waals surface area contributed by atoms with E-state index in [1.165, 1.54) is 270 Å². The molecule has 16 aliphatic rings. The van der Waals surface area contributed by atoms with Crippen LogP contribution in [0.25, 0.3) is 0 Å². The van der Waals surface area contributed by atoms with Crippen LogP contribution >= 0.6 is 0 Å². The van der Waals surface area contributed by atoms with Gasteiger partial charge in [0.15, 0.2) is 0 Å². The Bertz CT molecular complexity index is 2520. The highest BCUT2D eigenvalue weighted by Gasteiger charge is 2.30. The van der Waals surface area contributed by atoms with Gasteiger partial charge in [0.1, 0.15) is 0 Å². The van der Waals surface area contributed by atoms with Gasteiger partial charge in [-0.3, -0.25) is 0 Å². The predicted molar refractivity (Wildman–Crippen MR) is 594 cm³/mol. The summed E-state index contributed by atoms with van der Waals surface area (Å²) in [7, 11) is 0. The maximum absolute atomic E-state index is 9.47. The van der Waals surface area contributed by atoms with Crippen molar-refractivity contribution in [1.29, 1.82) is 0 Å². The largest absolute Gasteiger partial charge is 0.393 e. The van der Waals surface area contributed by atoms with E-state index in [0.29, 0.717) is 0 Å². The molecule has 840 valence electrons. The van der Waals surface area contributed by atoms with Crippen LogP contribution in [0.4, 0.5) is 0 Å². The van der Waals surface area contributed by atoms with Crippen LogP contribution in [-0.2, 0) is 0 Å². The molecule has 22 unspecified atom stereocenters. The zero-order valence-corrected chi connectivity index (χ0v) is 95.5. The summed E-state index contributed by atoms with van der Waals surface area (Å²) in [5, 5.41) is 146. The van der Waals surface area contributed by atoms with Gasteiger partial charge in [0.2, 0.25) is 0 Å². The van der Waals surface area contributed by atoms with E-state index in [-0.39, 0.29) is 97.7 Å². The summed E-state index contributed by atoms with van der Waals surface area (Å²) in [6.45, 7) is 38.0. The van der Waals surface area contributed by atoms with E-state index < -0.39 is 0 Å². The summed E-state index contributed by atoms with van der Waals surface area (Å²) < 4.78 is 0. The fourth-order valence-corrected chi connectivity index (χ4v) is 24.9. The van der Waals surface area contributed by atoms with E-state index in [1.54, 1.807) is 0 Å². The van der Waals surface area contributed by atoms with Gasteiger partial charge in [0.05, 0.1) is 97.7 Å². The summed E-state index contributed by atoms with van der Waals surface area (Å²) in [5.74, 6) is 13.9. The molecule has 140 heavy (non-hydrogen) atoms. The lowest BCUT2D eigenvalue weighted by Crippen LogP contribution is -2.22. The van der Waals surface area contributed by atoms with E-state index in [4.69, 9.17) is 46.0 Å². The van der Waals surface area contributed by atoms with Crippen molar-refractivity contribution in [2.75, 3.05) is 0 Å². The fraction of sp³-hybridized carbons (Fsp3) is 1.00. The van der Waals surface area contributed by atoms with Gasteiger partial charge < -0.3 is 81.7 Å². The SMILES string of the molecule is CC1CC(C)CC(O)C1.CC1CC(O)CC1C.CC1CCC(O)C1.CC1CCC(O)CC(C)C1.CC1CCC(O)CC1.CC1CCCC(O)CC1.CCC1CCC(O)C1.CCC1CCC(O)CC(C)C1.CCC1CCC(O)CC1.CCC1CCCC(O)CC1.CCCC1CCC(O)C1.CCCC1CCC(O)CC1.CCCC1CCCC(O)CC1.OC1CCCC1.OC1CCCCC1.OC1CCCCCC1. The molecule has 22 atom stereocenters.